The molecule has 0 spiro atoms. The molecule has 0 N–H and O–H groups in total. The minimum atomic E-state index is -0.0660. The summed E-state index contributed by atoms with van der Waals surface area (Å²) in [7, 11) is 0. The van der Waals surface area contributed by atoms with E-state index in [0.717, 1.165) is 38.4 Å². The molecular weight excluding hydrogens is 428 g/mol. The number of thiazole rings is 1. The van der Waals surface area contributed by atoms with Gasteiger partial charge in [0.1, 0.15) is 15.9 Å². The molecule has 1 amide bonds. The number of benzene rings is 1. The lowest BCUT2D eigenvalue weighted by Crippen LogP contribution is -2.48. The van der Waals surface area contributed by atoms with E-state index in [0.29, 0.717) is 24.4 Å². The van der Waals surface area contributed by atoms with Crippen molar-refractivity contribution in [3.8, 4) is 0 Å². The van der Waals surface area contributed by atoms with Crippen LogP contribution in [-0.2, 0) is 0 Å². The fourth-order valence-corrected chi connectivity index (χ4v) is 4.71. The summed E-state index contributed by atoms with van der Waals surface area (Å²) in [4.78, 5) is 26.9. The Morgan fingerprint density at radius 1 is 1.15 bits per heavy atom. The number of para-hydroxylation sites is 1. The van der Waals surface area contributed by atoms with Gasteiger partial charge in [-0.05, 0) is 40.2 Å². The van der Waals surface area contributed by atoms with E-state index >= 15 is 0 Å². The minimum Gasteiger partial charge on any atom is -0.450 e. The molecule has 3 aromatic heterocycles. The lowest BCUT2D eigenvalue weighted by atomic mass is 10.2. The number of amides is 1. The quantitative estimate of drug-likeness (QED) is 0.466. The van der Waals surface area contributed by atoms with E-state index in [1.54, 1.807) is 17.5 Å². The molecule has 0 atom stereocenters. The summed E-state index contributed by atoms with van der Waals surface area (Å²) in [5, 5.41) is 1.89. The lowest BCUT2D eigenvalue weighted by Gasteiger charge is -2.34. The van der Waals surface area contributed by atoms with E-state index in [4.69, 9.17) is 4.42 Å². The van der Waals surface area contributed by atoms with Gasteiger partial charge in [-0.3, -0.25) is 4.79 Å². The van der Waals surface area contributed by atoms with E-state index in [2.05, 4.69) is 30.8 Å². The Labute approximate surface area is 167 Å². The molecule has 0 unspecified atom stereocenters. The van der Waals surface area contributed by atoms with Crippen molar-refractivity contribution in [1.82, 2.24) is 14.9 Å². The number of carbonyl (C=O) groups excluding carboxylic acids is 1. The Hall–Kier alpha value is -2.45. The number of piperazine rings is 1. The minimum absolute atomic E-state index is 0.0660. The van der Waals surface area contributed by atoms with Crippen molar-refractivity contribution in [3.05, 3.63) is 52.8 Å². The Kier molecular flexibility index (Phi) is 4.09. The molecule has 0 bridgehead atoms. The first-order chi connectivity index (χ1) is 13.2. The maximum atomic E-state index is 12.8. The molecule has 4 heterocycles. The second kappa shape index (κ2) is 6.61. The van der Waals surface area contributed by atoms with Gasteiger partial charge in [0.05, 0.1) is 4.47 Å². The average molecular weight is 443 g/mol. The summed E-state index contributed by atoms with van der Waals surface area (Å²) in [6.45, 7) is 2.77. The summed E-state index contributed by atoms with van der Waals surface area (Å²) in [6, 6.07) is 11.5. The second-order valence-electron chi connectivity index (χ2n) is 6.37. The van der Waals surface area contributed by atoms with Gasteiger partial charge in [0.15, 0.2) is 10.9 Å². The smallest absolute Gasteiger partial charge is 0.289 e. The van der Waals surface area contributed by atoms with E-state index in [9.17, 15) is 4.79 Å². The summed E-state index contributed by atoms with van der Waals surface area (Å²) >= 11 is 5.06. The molecule has 1 saturated heterocycles. The highest BCUT2D eigenvalue weighted by Gasteiger charge is 2.26. The Morgan fingerprint density at radius 2 is 2.00 bits per heavy atom. The molecule has 6 nitrogen and oxygen atoms in total. The van der Waals surface area contributed by atoms with Crippen LogP contribution in [0.1, 0.15) is 10.6 Å². The van der Waals surface area contributed by atoms with Crippen molar-refractivity contribution in [2.75, 3.05) is 31.1 Å². The van der Waals surface area contributed by atoms with Gasteiger partial charge in [-0.2, -0.15) is 0 Å². The number of pyridine rings is 1. The third-order valence-corrected chi connectivity index (χ3v) is 6.36. The van der Waals surface area contributed by atoms with Gasteiger partial charge in [0, 0.05) is 37.8 Å². The summed E-state index contributed by atoms with van der Waals surface area (Å²) in [5.41, 5.74) is 1.63. The first kappa shape index (κ1) is 16.7. The maximum Gasteiger partial charge on any atom is 0.289 e. The fourth-order valence-electron chi connectivity index (χ4n) is 3.28. The first-order valence-electron chi connectivity index (χ1n) is 8.63. The molecule has 1 aliphatic rings. The van der Waals surface area contributed by atoms with Crippen LogP contribution in [-0.4, -0.2) is 47.0 Å². The van der Waals surface area contributed by atoms with Crippen LogP contribution >= 0.6 is 27.3 Å². The van der Waals surface area contributed by atoms with Crippen molar-refractivity contribution in [3.63, 3.8) is 0 Å². The number of nitrogens with zero attached hydrogens (tertiary/aromatic N) is 4. The number of rotatable bonds is 2. The number of anilines is 1. The predicted molar refractivity (Wildman–Crippen MR) is 109 cm³/mol. The van der Waals surface area contributed by atoms with E-state index in [1.165, 1.54) is 0 Å². The van der Waals surface area contributed by atoms with Crippen LogP contribution in [0.5, 0.6) is 0 Å². The largest absolute Gasteiger partial charge is 0.450 e. The number of halogens is 1. The molecule has 1 aromatic carbocycles. The van der Waals surface area contributed by atoms with Gasteiger partial charge in [-0.25, -0.2) is 9.97 Å². The average Bonchev–Trinajstić information content (AvgIpc) is 3.32. The summed E-state index contributed by atoms with van der Waals surface area (Å²) < 4.78 is 6.65. The molecule has 27 heavy (non-hydrogen) atoms. The maximum absolute atomic E-state index is 12.8. The van der Waals surface area contributed by atoms with Crippen LogP contribution < -0.4 is 4.90 Å². The third kappa shape index (κ3) is 2.98. The van der Waals surface area contributed by atoms with Crippen molar-refractivity contribution in [2.24, 2.45) is 0 Å². The van der Waals surface area contributed by atoms with Crippen LogP contribution in [0, 0.1) is 0 Å². The monoisotopic (exact) mass is 442 g/mol. The highest BCUT2D eigenvalue weighted by Crippen LogP contribution is 2.29. The van der Waals surface area contributed by atoms with Crippen molar-refractivity contribution in [1.29, 1.82) is 0 Å². The zero-order valence-corrected chi connectivity index (χ0v) is 16.7. The van der Waals surface area contributed by atoms with E-state index < -0.39 is 0 Å². The second-order valence-corrected chi connectivity index (χ2v) is 8.18. The van der Waals surface area contributed by atoms with Crippen molar-refractivity contribution >= 4 is 59.6 Å². The Balaban J connectivity index is 1.31. The molecule has 0 radical (unpaired) electrons. The highest BCUT2D eigenvalue weighted by molar-refractivity contribution is 9.10. The van der Waals surface area contributed by atoms with Gasteiger partial charge in [-0.15, -0.1) is 0 Å². The van der Waals surface area contributed by atoms with Crippen LogP contribution in [0.4, 0.5) is 5.13 Å². The Morgan fingerprint density at radius 3 is 2.78 bits per heavy atom. The topological polar surface area (TPSA) is 62.5 Å². The zero-order chi connectivity index (χ0) is 18.4. The molecule has 136 valence electrons. The van der Waals surface area contributed by atoms with Gasteiger partial charge in [0.25, 0.3) is 5.91 Å². The fraction of sp³-hybridized carbons (Fsp3) is 0.211. The first-order valence-corrected chi connectivity index (χ1v) is 10.2. The van der Waals surface area contributed by atoms with Gasteiger partial charge in [-0.1, -0.05) is 23.5 Å². The standard InChI is InChI=1S/C19H15BrN4O2S/c20-13-4-1-3-12-11-15(26-16(12)13)18(25)23-7-9-24(10-8-23)19-22-14-5-2-6-21-17(14)27-19/h1-6,11H,7-10H2. The molecule has 1 fully saturated rings. The van der Waals surface area contributed by atoms with Crippen molar-refractivity contribution in [2.45, 2.75) is 0 Å². The molecule has 5 rings (SSSR count). The van der Waals surface area contributed by atoms with Gasteiger partial charge < -0.3 is 14.2 Å². The predicted octanol–water partition coefficient (Wildman–Crippen LogP) is 4.16. The third-order valence-electron chi connectivity index (χ3n) is 4.70. The van der Waals surface area contributed by atoms with Crippen LogP contribution in [0.25, 0.3) is 21.3 Å². The number of hydrogen-bond acceptors (Lipinski definition) is 6. The number of hydrogen-bond donors (Lipinski definition) is 0. The highest BCUT2D eigenvalue weighted by atomic mass is 79.9. The summed E-state index contributed by atoms with van der Waals surface area (Å²) in [6.07, 6.45) is 1.78. The van der Waals surface area contributed by atoms with Crippen LogP contribution in [0.3, 0.4) is 0 Å². The van der Waals surface area contributed by atoms with E-state index in [1.807, 2.05) is 41.3 Å². The van der Waals surface area contributed by atoms with Gasteiger partial charge in [0.2, 0.25) is 0 Å². The number of fused-ring (bicyclic) bond motifs is 2. The molecule has 4 aromatic rings. The molecule has 0 aliphatic carbocycles. The lowest BCUT2D eigenvalue weighted by molar-refractivity contribution is 0.0717. The normalized spacial score (nSPS) is 15.0. The number of aromatic nitrogens is 2. The van der Waals surface area contributed by atoms with Crippen LogP contribution in [0.2, 0.25) is 0 Å². The summed E-state index contributed by atoms with van der Waals surface area (Å²) in [5.74, 6) is 0.318. The SMILES string of the molecule is O=C(c1cc2cccc(Br)c2o1)N1CCN(c2nc3cccnc3s2)CC1. The molecule has 0 saturated carbocycles. The molecule has 8 heteroatoms. The van der Waals surface area contributed by atoms with Gasteiger partial charge >= 0.3 is 0 Å². The number of carbonyl (C=O) groups is 1. The zero-order valence-electron chi connectivity index (χ0n) is 14.3. The Bertz CT molecular complexity index is 1110. The van der Waals surface area contributed by atoms with Crippen molar-refractivity contribution < 1.29 is 9.21 Å². The van der Waals surface area contributed by atoms with E-state index in [-0.39, 0.29) is 5.91 Å². The molecular formula is C19H15BrN4O2S. The number of furan rings is 1. The molecule has 1 aliphatic heterocycles. The van der Waals surface area contributed by atoms with Crippen LogP contribution in [0.15, 0.2) is 51.5 Å².